The molecule has 1 heterocycles. The zero-order valence-electron chi connectivity index (χ0n) is 15.4. The summed E-state index contributed by atoms with van der Waals surface area (Å²) in [6, 6.07) is -0.952. The molecule has 0 aliphatic carbocycles. The fourth-order valence-electron chi connectivity index (χ4n) is 2.78. The minimum absolute atomic E-state index is 0.0858. The van der Waals surface area contributed by atoms with Gasteiger partial charge >= 0.3 is 5.97 Å². The maximum Gasteiger partial charge on any atom is 0.328 e. The Balaban J connectivity index is 3.12. The molecule has 0 spiro atoms. The summed E-state index contributed by atoms with van der Waals surface area (Å²) < 4.78 is 19.4. The van der Waals surface area contributed by atoms with Crippen LogP contribution in [0.2, 0.25) is 0 Å². The predicted octanol–water partition coefficient (Wildman–Crippen LogP) is 3.09. The first-order valence-electron chi connectivity index (χ1n) is 8.62. The van der Waals surface area contributed by atoms with Crippen LogP contribution in [0.4, 0.5) is 4.39 Å². The zero-order valence-corrected chi connectivity index (χ0v) is 17.1. The summed E-state index contributed by atoms with van der Waals surface area (Å²) >= 11 is 0. The molecule has 1 aliphatic heterocycles. The van der Waals surface area contributed by atoms with Gasteiger partial charge in [-0.1, -0.05) is 40.8 Å². The van der Waals surface area contributed by atoms with E-state index in [1.165, 1.54) is 22.9 Å². The van der Waals surface area contributed by atoms with Crippen LogP contribution in [0, 0.1) is 0 Å². The van der Waals surface area contributed by atoms with Crippen molar-refractivity contribution in [3.8, 4) is 0 Å². The highest BCUT2D eigenvalue weighted by Gasteiger charge is 2.36. The number of likely N-dealkylation sites (tertiary alicyclic amines) is 1. The summed E-state index contributed by atoms with van der Waals surface area (Å²) in [4.78, 5) is 25.4. The first-order chi connectivity index (χ1) is 13.0. The van der Waals surface area contributed by atoms with Gasteiger partial charge in [0.25, 0.3) is 0 Å². The molecular weight excluding hydrogens is 389 g/mol. The van der Waals surface area contributed by atoms with Gasteiger partial charge in [-0.2, -0.15) is 0 Å². The molecule has 0 radical (unpaired) electrons. The minimum Gasteiger partial charge on any atom is -0.465 e. The molecule has 1 rings (SSSR count). The van der Waals surface area contributed by atoms with Crippen molar-refractivity contribution in [1.82, 2.24) is 4.90 Å². The van der Waals surface area contributed by atoms with Crippen molar-refractivity contribution in [3.05, 3.63) is 48.4 Å². The van der Waals surface area contributed by atoms with Gasteiger partial charge in [0.15, 0.2) is 0 Å². The van der Waals surface area contributed by atoms with Gasteiger partial charge in [-0.3, -0.25) is 9.69 Å². The predicted molar refractivity (Wildman–Crippen MR) is 110 cm³/mol. The summed E-state index contributed by atoms with van der Waals surface area (Å²) in [5, 5.41) is 9.02. The number of halogens is 1. The Labute approximate surface area is 167 Å². The SMILES string of the molecule is C=C/C(F)=C(\C=C)C(C(=O)OCC)N1CCC(SSCCO)/C(=C\C=O)C1. The molecule has 1 fully saturated rings. The van der Waals surface area contributed by atoms with Gasteiger partial charge in [-0.15, -0.1) is 0 Å². The number of nitrogens with zero attached hydrogens (tertiary/aromatic N) is 1. The van der Waals surface area contributed by atoms with E-state index >= 15 is 0 Å². The minimum atomic E-state index is -0.952. The third kappa shape index (κ3) is 6.95. The normalized spacial score (nSPS) is 21.3. The van der Waals surface area contributed by atoms with Crippen LogP contribution >= 0.6 is 21.6 Å². The van der Waals surface area contributed by atoms with Crippen LogP contribution in [0.5, 0.6) is 0 Å². The monoisotopic (exact) mass is 415 g/mol. The third-order valence-corrected chi connectivity index (χ3v) is 6.82. The summed E-state index contributed by atoms with van der Waals surface area (Å²) in [7, 11) is 3.13. The van der Waals surface area contributed by atoms with Crippen molar-refractivity contribution in [1.29, 1.82) is 0 Å². The van der Waals surface area contributed by atoms with Gasteiger partial charge in [0.1, 0.15) is 18.2 Å². The first kappa shape index (κ1) is 23.7. The number of esters is 1. The maximum absolute atomic E-state index is 14.3. The fourth-order valence-corrected chi connectivity index (χ4v) is 5.26. The molecule has 2 atom stereocenters. The van der Waals surface area contributed by atoms with Crippen LogP contribution in [-0.4, -0.2) is 65.6 Å². The van der Waals surface area contributed by atoms with Crippen LogP contribution in [0.3, 0.4) is 0 Å². The Hall–Kier alpha value is -1.35. The van der Waals surface area contributed by atoms with Crippen LogP contribution < -0.4 is 0 Å². The number of hydrogen-bond donors (Lipinski definition) is 1. The molecule has 150 valence electrons. The molecule has 0 amide bonds. The van der Waals surface area contributed by atoms with Crippen molar-refractivity contribution in [3.63, 3.8) is 0 Å². The lowest BCUT2D eigenvalue weighted by atomic mass is 9.97. The quantitative estimate of drug-likeness (QED) is 0.139. The number of ether oxygens (including phenoxy) is 1. The molecule has 1 saturated heterocycles. The Morgan fingerprint density at radius 3 is 2.78 bits per heavy atom. The molecule has 0 aromatic rings. The van der Waals surface area contributed by atoms with E-state index in [9.17, 15) is 14.0 Å². The molecule has 0 bridgehead atoms. The number of aldehydes is 1. The Bertz CT molecular complexity index is 607. The van der Waals surface area contributed by atoms with E-state index in [-0.39, 0.29) is 24.0 Å². The molecule has 0 saturated carbocycles. The largest absolute Gasteiger partial charge is 0.465 e. The van der Waals surface area contributed by atoms with Crippen molar-refractivity contribution in [2.45, 2.75) is 24.6 Å². The highest BCUT2D eigenvalue weighted by molar-refractivity contribution is 8.77. The van der Waals surface area contributed by atoms with E-state index in [4.69, 9.17) is 9.84 Å². The topological polar surface area (TPSA) is 66.8 Å². The van der Waals surface area contributed by atoms with E-state index in [1.54, 1.807) is 22.6 Å². The van der Waals surface area contributed by atoms with Crippen molar-refractivity contribution >= 4 is 33.8 Å². The number of carbonyl (C=O) groups excluding carboxylic acids is 2. The standard InChI is InChI=1S/C19H26FNO4S2/c1-4-15(16(20)5-2)18(19(24)25-6-3)21-9-7-17(27-26-12-11-23)14(13-21)8-10-22/h4-5,8,10,17-18,23H,1-2,6-7,9,11-13H2,3H3/b14-8-,16-15-. The van der Waals surface area contributed by atoms with Crippen LogP contribution in [0.1, 0.15) is 13.3 Å². The molecule has 8 heteroatoms. The lowest BCUT2D eigenvalue weighted by Gasteiger charge is -2.38. The number of aliphatic hydroxyl groups excluding tert-OH is 1. The number of piperidine rings is 1. The maximum atomic E-state index is 14.3. The molecule has 27 heavy (non-hydrogen) atoms. The number of aliphatic hydroxyl groups is 1. The molecule has 0 aromatic heterocycles. The molecular formula is C19H26FNO4S2. The number of carbonyl (C=O) groups is 2. The number of rotatable bonds is 11. The Morgan fingerprint density at radius 2 is 2.22 bits per heavy atom. The van der Waals surface area contributed by atoms with Crippen molar-refractivity contribution < 1.29 is 23.8 Å². The smallest absolute Gasteiger partial charge is 0.328 e. The van der Waals surface area contributed by atoms with Gasteiger partial charge in [0, 0.05) is 29.7 Å². The molecule has 2 unspecified atom stereocenters. The van der Waals surface area contributed by atoms with Gasteiger partial charge in [0.05, 0.1) is 13.2 Å². The van der Waals surface area contributed by atoms with Crippen molar-refractivity contribution in [2.24, 2.45) is 0 Å². The van der Waals surface area contributed by atoms with Gasteiger partial charge in [-0.25, -0.2) is 9.18 Å². The van der Waals surface area contributed by atoms with E-state index in [0.717, 1.165) is 17.9 Å². The zero-order chi connectivity index (χ0) is 20.2. The highest BCUT2D eigenvalue weighted by atomic mass is 33.1. The molecule has 1 N–H and O–H groups in total. The fraction of sp³-hybridized carbons (Fsp3) is 0.474. The highest BCUT2D eigenvalue weighted by Crippen LogP contribution is 2.37. The lowest BCUT2D eigenvalue weighted by Crippen LogP contribution is -2.48. The van der Waals surface area contributed by atoms with Gasteiger partial charge in [-0.05, 0) is 31.1 Å². The number of hydrogen-bond acceptors (Lipinski definition) is 7. The van der Waals surface area contributed by atoms with Crippen LogP contribution in [-0.2, 0) is 14.3 Å². The summed E-state index contributed by atoms with van der Waals surface area (Å²) in [5.41, 5.74) is 0.957. The third-order valence-electron chi connectivity index (χ3n) is 3.96. The van der Waals surface area contributed by atoms with E-state index in [0.29, 0.717) is 25.3 Å². The second-order valence-electron chi connectivity index (χ2n) is 5.63. The van der Waals surface area contributed by atoms with Crippen LogP contribution in [0.15, 0.2) is 48.4 Å². The van der Waals surface area contributed by atoms with Gasteiger partial charge < -0.3 is 9.84 Å². The lowest BCUT2D eigenvalue weighted by molar-refractivity contribution is -0.148. The Morgan fingerprint density at radius 1 is 1.48 bits per heavy atom. The molecule has 5 nitrogen and oxygen atoms in total. The average molecular weight is 416 g/mol. The van der Waals surface area contributed by atoms with Crippen LogP contribution in [0.25, 0.3) is 0 Å². The first-order valence-corrected chi connectivity index (χ1v) is 11.0. The molecule has 1 aliphatic rings. The second-order valence-corrected chi connectivity index (χ2v) is 8.32. The van der Waals surface area contributed by atoms with E-state index in [1.807, 2.05) is 0 Å². The summed E-state index contributed by atoms with van der Waals surface area (Å²) in [6.45, 7) is 9.87. The Kier molecular flexibility index (Phi) is 11.3. The van der Waals surface area contributed by atoms with Gasteiger partial charge in [0.2, 0.25) is 0 Å². The summed E-state index contributed by atoms with van der Waals surface area (Å²) in [6.07, 6.45) is 5.24. The van der Waals surface area contributed by atoms with Crippen molar-refractivity contribution in [2.75, 3.05) is 32.1 Å². The van der Waals surface area contributed by atoms with E-state index in [2.05, 4.69) is 13.2 Å². The molecule has 0 aromatic carbocycles. The summed E-state index contributed by atoms with van der Waals surface area (Å²) in [5.74, 6) is -0.590. The van der Waals surface area contributed by atoms with E-state index < -0.39 is 17.8 Å². The average Bonchev–Trinajstić information content (AvgIpc) is 2.67. The number of allylic oxidation sites excluding steroid dienone is 3. The second kappa shape index (κ2) is 12.9.